The SMILES string of the molecule is CN(C)C(=O)N1CCC(Nc2ccc(O)cc2)CC1. The van der Waals surface area contributed by atoms with Crippen molar-refractivity contribution in [2.75, 3.05) is 32.5 Å². The van der Waals surface area contributed by atoms with Crippen molar-refractivity contribution in [1.82, 2.24) is 9.80 Å². The van der Waals surface area contributed by atoms with Gasteiger partial charge in [-0.2, -0.15) is 0 Å². The summed E-state index contributed by atoms with van der Waals surface area (Å²) in [5.74, 6) is 0.275. The molecule has 19 heavy (non-hydrogen) atoms. The fourth-order valence-corrected chi connectivity index (χ4v) is 2.29. The third kappa shape index (κ3) is 3.53. The Bertz CT molecular complexity index is 423. The molecule has 5 nitrogen and oxygen atoms in total. The molecule has 0 aliphatic carbocycles. The summed E-state index contributed by atoms with van der Waals surface area (Å²) in [7, 11) is 3.56. The number of rotatable bonds is 2. The monoisotopic (exact) mass is 263 g/mol. The van der Waals surface area contributed by atoms with Gasteiger partial charge in [0.05, 0.1) is 0 Å². The zero-order chi connectivity index (χ0) is 13.8. The van der Waals surface area contributed by atoms with Crippen LogP contribution in [0.3, 0.4) is 0 Å². The molecule has 0 unspecified atom stereocenters. The van der Waals surface area contributed by atoms with Crippen molar-refractivity contribution in [2.45, 2.75) is 18.9 Å². The van der Waals surface area contributed by atoms with Crippen LogP contribution in [0.4, 0.5) is 10.5 Å². The lowest BCUT2D eigenvalue weighted by Crippen LogP contribution is -2.46. The lowest BCUT2D eigenvalue weighted by atomic mass is 10.0. The largest absolute Gasteiger partial charge is 0.508 e. The summed E-state index contributed by atoms with van der Waals surface area (Å²) in [5, 5.41) is 12.7. The van der Waals surface area contributed by atoms with Crippen LogP contribution < -0.4 is 5.32 Å². The number of phenols is 1. The highest BCUT2D eigenvalue weighted by Gasteiger charge is 2.23. The second kappa shape index (κ2) is 5.82. The number of likely N-dealkylation sites (tertiary alicyclic amines) is 1. The first-order valence-corrected chi connectivity index (χ1v) is 6.58. The van der Waals surface area contributed by atoms with E-state index in [9.17, 15) is 9.90 Å². The summed E-state index contributed by atoms with van der Waals surface area (Å²) in [6.45, 7) is 1.57. The number of urea groups is 1. The van der Waals surface area contributed by atoms with E-state index in [1.165, 1.54) is 0 Å². The van der Waals surface area contributed by atoms with E-state index < -0.39 is 0 Å². The first-order valence-electron chi connectivity index (χ1n) is 6.58. The van der Waals surface area contributed by atoms with E-state index in [1.54, 1.807) is 31.1 Å². The molecule has 2 amide bonds. The van der Waals surface area contributed by atoms with Crippen molar-refractivity contribution in [3.63, 3.8) is 0 Å². The molecule has 1 aliphatic rings. The summed E-state index contributed by atoms with van der Waals surface area (Å²) in [6, 6.07) is 7.55. The van der Waals surface area contributed by atoms with Crippen LogP contribution in [0, 0.1) is 0 Å². The number of aromatic hydroxyl groups is 1. The number of nitrogens with zero attached hydrogens (tertiary/aromatic N) is 2. The summed E-state index contributed by atoms with van der Waals surface area (Å²) < 4.78 is 0. The molecule has 1 aromatic rings. The van der Waals surface area contributed by atoms with Crippen LogP contribution in [-0.4, -0.2) is 54.2 Å². The highest BCUT2D eigenvalue weighted by atomic mass is 16.3. The van der Waals surface area contributed by atoms with E-state index >= 15 is 0 Å². The molecule has 1 heterocycles. The van der Waals surface area contributed by atoms with Crippen LogP contribution in [-0.2, 0) is 0 Å². The Balaban J connectivity index is 1.83. The van der Waals surface area contributed by atoms with Crippen molar-refractivity contribution in [3.05, 3.63) is 24.3 Å². The molecule has 0 saturated carbocycles. The molecule has 2 N–H and O–H groups in total. The van der Waals surface area contributed by atoms with Crippen molar-refractivity contribution < 1.29 is 9.90 Å². The van der Waals surface area contributed by atoms with Crippen LogP contribution >= 0.6 is 0 Å². The maximum Gasteiger partial charge on any atom is 0.319 e. The van der Waals surface area contributed by atoms with Crippen molar-refractivity contribution in [1.29, 1.82) is 0 Å². The zero-order valence-corrected chi connectivity index (χ0v) is 11.5. The fraction of sp³-hybridized carbons (Fsp3) is 0.500. The smallest absolute Gasteiger partial charge is 0.319 e. The van der Waals surface area contributed by atoms with E-state index in [4.69, 9.17) is 0 Å². The molecule has 5 heteroatoms. The third-order valence-corrected chi connectivity index (χ3v) is 3.39. The van der Waals surface area contributed by atoms with Gasteiger partial charge in [0.2, 0.25) is 0 Å². The highest BCUT2D eigenvalue weighted by Crippen LogP contribution is 2.19. The molecule has 2 rings (SSSR count). The van der Waals surface area contributed by atoms with Crippen molar-refractivity contribution >= 4 is 11.7 Å². The van der Waals surface area contributed by atoms with Crippen molar-refractivity contribution in [2.24, 2.45) is 0 Å². The van der Waals surface area contributed by atoms with Gasteiger partial charge in [-0.15, -0.1) is 0 Å². The number of piperidine rings is 1. The van der Waals surface area contributed by atoms with E-state index in [-0.39, 0.29) is 11.8 Å². The van der Waals surface area contributed by atoms with Gasteiger partial charge in [-0.25, -0.2) is 4.79 Å². The van der Waals surface area contributed by atoms with Crippen LogP contribution in [0.5, 0.6) is 5.75 Å². The van der Waals surface area contributed by atoms with E-state index in [1.807, 2.05) is 17.0 Å². The van der Waals surface area contributed by atoms with Gasteiger partial charge >= 0.3 is 6.03 Å². The van der Waals surface area contributed by atoms with Gasteiger partial charge < -0.3 is 20.2 Å². The van der Waals surface area contributed by atoms with Gasteiger partial charge in [0.15, 0.2) is 0 Å². The Hall–Kier alpha value is -1.91. The summed E-state index contributed by atoms with van der Waals surface area (Å²) in [5.41, 5.74) is 1.01. The average Bonchev–Trinajstić information content (AvgIpc) is 2.41. The van der Waals surface area contributed by atoms with Crippen molar-refractivity contribution in [3.8, 4) is 5.75 Å². The van der Waals surface area contributed by atoms with E-state index in [0.717, 1.165) is 31.6 Å². The predicted molar refractivity (Wildman–Crippen MR) is 75.4 cm³/mol. The van der Waals surface area contributed by atoms with Crippen LogP contribution in [0.25, 0.3) is 0 Å². The number of carbonyl (C=O) groups excluding carboxylic acids is 1. The second-order valence-electron chi connectivity index (χ2n) is 5.13. The minimum Gasteiger partial charge on any atom is -0.508 e. The minimum absolute atomic E-state index is 0.0862. The molecule has 0 spiro atoms. The molecule has 0 radical (unpaired) electrons. The molecule has 1 aliphatic heterocycles. The molecule has 0 aromatic heterocycles. The number of anilines is 1. The number of benzene rings is 1. The molecule has 1 fully saturated rings. The summed E-state index contributed by atoms with van der Waals surface area (Å²) in [4.78, 5) is 15.3. The Morgan fingerprint density at radius 3 is 2.37 bits per heavy atom. The molecule has 0 bridgehead atoms. The Morgan fingerprint density at radius 2 is 1.84 bits per heavy atom. The topological polar surface area (TPSA) is 55.8 Å². The van der Waals surface area contributed by atoms with Gasteiger partial charge in [-0.1, -0.05) is 0 Å². The normalized spacial score (nSPS) is 16.2. The Labute approximate surface area is 113 Å². The Kier molecular flexibility index (Phi) is 4.14. The minimum atomic E-state index is 0.0862. The van der Waals surface area contributed by atoms with Gasteiger partial charge in [0.25, 0.3) is 0 Å². The van der Waals surface area contributed by atoms with Crippen LogP contribution in [0.15, 0.2) is 24.3 Å². The molecule has 0 atom stereocenters. The van der Waals surface area contributed by atoms with Crippen LogP contribution in [0.2, 0.25) is 0 Å². The van der Waals surface area contributed by atoms with Gasteiger partial charge in [-0.3, -0.25) is 0 Å². The van der Waals surface area contributed by atoms with Gasteiger partial charge in [0.1, 0.15) is 5.75 Å². The van der Waals surface area contributed by atoms with E-state index in [0.29, 0.717) is 6.04 Å². The third-order valence-electron chi connectivity index (χ3n) is 3.39. The first kappa shape index (κ1) is 13.5. The standard InChI is InChI=1S/C14H21N3O2/c1-16(2)14(19)17-9-7-12(8-10-17)15-11-3-5-13(18)6-4-11/h3-6,12,15,18H,7-10H2,1-2H3. The second-order valence-corrected chi connectivity index (χ2v) is 5.13. The first-order chi connectivity index (χ1) is 9.06. The average molecular weight is 263 g/mol. The molecular formula is C14H21N3O2. The molecule has 1 aromatic carbocycles. The quantitative estimate of drug-likeness (QED) is 0.802. The molecule has 104 valence electrons. The fourth-order valence-electron chi connectivity index (χ4n) is 2.29. The molecule has 1 saturated heterocycles. The lowest BCUT2D eigenvalue weighted by Gasteiger charge is -2.34. The van der Waals surface area contributed by atoms with Gasteiger partial charge in [0, 0.05) is 38.9 Å². The Morgan fingerprint density at radius 1 is 1.26 bits per heavy atom. The summed E-state index contributed by atoms with van der Waals surface area (Å²) in [6.07, 6.45) is 1.89. The van der Waals surface area contributed by atoms with Crippen LogP contribution in [0.1, 0.15) is 12.8 Å². The number of phenolic OH excluding ortho intramolecular Hbond substituents is 1. The maximum absolute atomic E-state index is 11.8. The molecular weight excluding hydrogens is 242 g/mol. The maximum atomic E-state index is 11.8. The lowest BCUT2D eigenvalue weighted by molar-refractivity contribution is 0.158. The summed E-state index contributed by atoms with van der Waals surface area (Å²) >= 11 is 0. The highest BCUT2D eigenvalue weighted by molar-refractivity contribution is 5.73. The zero-order valence-electron chi connectivity index (χ0n) is 11.5. The number of carbonyl (C=O) groups is 1. The number of hydrogen-bond acceptors (Lipinski definition) is 3. The predicted octanol–water partition coefficient (Wildman–Crippen LogP) is 1.95. The number of nitrogens with one attached hydrogen (secondary N) is 1. The van der Waals surface area contributed by atoms with E-state index in [2.05, 4.69) is 5.32 Å². The van der Waals surface area contributed by atoms with Gasteiger partial charge in [-0.05, 0) is 37.1 Å². The number of amides is 2. The number of hydrogen-bond donors (Lipinski definition) is 2.